The second-order valence-corrected chi connectivity index (χ2v) is 38.2. The Bertz CT molecular complexity index is 7800. The molecule has 21 aromatic rings. The Labute approximate surface area is 740 Å². The summed E-state index contributed by atoms with van der Waals surface area (Å²) in [7, 11) is 0. The zero-order chi connectivity index (χ0) is 85.9. The third-order valence-corrected chi connectivity index (χ3v) is 26.4. The van der Waals surface area contributed by atoms with Gasteiger partial charge in [0.05, 0.1) is 39.1 Å². The molecular formula is C122H102N4. The predicted octanol–water partition coefficient (Wildman–Crippen LogP) is 34.2. The van der Waals surface area contributed by atoms with Crippen LogP contribution in [0.4, 0.5) is 34.1 Å². The first-order chi connectivity index (χ1) is 61.1. The molecule has 0 saturated heterocycles. The van der Waals surface area contributed by atoms with Gasteiger partial charge in [0.25, 0.3) is 0 Å². The highest BCUT2D eigenvalue weighted by Crippen LogP contribution is 2.53. The molecule has 0 fully saturated rings. The maximum atomic E-state index is 2.54. The molecule has 0 N–H and O–H groups in total. The Balaban J connectivity index is 0.683. The third-order valence-electron chi connectivity index (χ3n) is 26.4. The van der Waals surface area contributed by atoms with E-state index in [1.165, 1.54) is 137 Å². The topological polar surface area (TPSA) is 16.3 Å². The molecule has 0 aliphatic carbocycles. The maximum Gasteiger partial charge on any atom is 0.0782 e. The van der Waals surface area contributed by atoms with Gasteiger partial charge in [-0.3, -0.25) is 0 Å². The van der Waals surface area contributed by atoms with E-state index in [-0.39, 0.29) is 21.7 Å². The highest BCUT2D eigenvalue weighted by molar-refractivity contribution is 6.18. The summed E-state index contributed by atoms with van der Waals surface area (Å²) in [6, 6.07) is 153. The number of hydrogen-bond donors (Lipinski definition) is 0. The molecule has 2 aromatic heterocycles. The molecule has 4 nitrogen and oxygen atoms in total. The summed E-state index contributed by atoms with van der Waals surface area (Å²) in [5.74, 6) is 0. The van der Waals surface area contributed by atoms with Crippen LogP contribution in [-0.4, -0.2) is 9.13 Å². The molecule has 126 heavy (non-hydrogen) atoms. The van der Waals surface area contributed by atoms with Crippen molar-refractivity contribution in [2.24, 2.45) is 0 Å². The van der Waals surface area contributed by atoms with Gasteiger partial charge in [-0.25, -0.2) is 0 Å². The van der Waals surface area contributed by atoms with Crippen LogP contribution in [0.1, 0.15) is 104 Å². The summed E-state index contributed by atoms with van der Waals surface area (Å²) in [6.45, 7) is 26.0. The molecule has 0 radical (unpaired) electrons. The van der Waals surface area contributed by atoms with Gasteiger partial charge < -0.3 is 18.9 Å². The lowest BCUT2D eigenvalue weighted by Gasteiger charge is -2.30. The molecule has 2 heterocycles. The molecule has 0 spiro atoms. The van der Waals surface area contributed by atoms with E-state index >= 15 is 0 Å². The number of nitrogens with zero attached hydrogens (tertiary/aromatic N) is 4. The Morgan fingerprint density at radius 3 is 1.17 bits per heavy atom. The minimum atomic E-state index is -0.331. The van der Waals surface area contributed by atoms with E-state index in [4.69, 9.17) is 0 Å². The standard InChI is InChI=1S/C122H102N4/c1-119(2,3)90-70-88(71-91(77-90)120(4,5)6)99-52-29-39-83-41-31-55-106(115(83)99)102-49-22-25-59-110(102)123(97-66-64-81-35-18-20-37-85(81)74-97)96-48-28-43-87(76-96)101-54-33-57-108-105-68-63-80(69-114(105)126(117(101)108)95-46-16-13-17-47-95)79-122(10,11)93-73-89(72-92(78-93)121(7,8)9)100-53-30-40-84-42-32-56-107(116(84)100)103-50-23-26-60-111(103)124(98-67-65-82-36-19-21-38-86(82)75-98)113-62-34-58-109-104-51-24-27-61-112(104)125(118(109)113)94-44-14-12-15-45-94/h12-78H,79H2,1-11H3. The number of fused-ring (bicyclic) bond motifs is 10. The van der Waals surface area contributed by atoms with E-state index in [0.717, 1.165) is 85.2 Å². The van der Waals surface area contributed by atoms with Crippen LogP contribution >= 0.6 is 0 Å². The van der Waals surface area contributed by atoms with Crippen LogP contribution in [0, 0.1) is 0 Å². The Kier molecular flexibility index (Phi) is 19.4. The molecule has 19 aromatic carbocycles. The van der Waals surface area contributed by atoms with Gasteiger partial charge in [-0.1, -0.05) is 392 Å². The fourth-order valence-electron chi connectivity index (χ4n) is 19.9. The van der Waals surface area contributed by atoms with Gasteiger partial charge >= 0.3 is 0 Å². The molecule has 0 saturated carbocycles. The first-order valence-electron chi connectivity index (χ1n) is 44.6. The molecule has 610 valence electrons. The van der Waals surface area contributed by atoms with Crippen molar-refractivity contribution >= 4 is 121 Å². The lowest BCUT2D eigenvalue weighted by atomic mass is 9.75. The monoisotopic (exact) mass is 1620 g/mol. The molecule has 0 amide bonds. The lowest BCUT2D eigenvalue weighted by Crippen LogP contribution is -2.22. The average molecular weight is 1620 g/mol. The highest BCUT2D eigenvalue weighted by Gasteiger charge is 2.32. The van der Waals surface area contributed by atoms with Crippen molar-refractivity contribution in [1.82, 2.24) is 9.13 Å². The zero-order valence-electron chi connectivity index (χ0n) is 73.7. The summed E-state index contributed by atoms with van der Waals surface area (Å²) >= 11 is 0. The van der Waals surface area contributed by atoms with E-state index in [9.17, 15) is 0 Å². The van der Waals surface area contributed by atoms with E-state index < -0.39 is 0 Å². The van der Waals surface area contributed by atoms with E-state index in [2.05, 4.69) is 502 Å². The number of aromatic nitrogens is 2. The number of para-hydroxylation sites is 7. The van der Waals surface area contributed by atoms with E-state index in [1.807, 2.05) is 0 Å². The molecule has 4 heteroatoms. The smallest absolute Gasteiger partial charge is 0.0782 e. The van der Waals surface area contributed by atoms with Gasteiger partial charge in [-0.15, -0.1) is 0 Å². The SMILES string of the molecule is CC(C)(C)c1cc(-c2cccc3cccc(-c4ccccc4N(c4cccc(-c5cccc6c7ccc(CC(C)(C)c8cc(-c9cccc%10cccc(-c%11ccccc%11N(c%11ccc%12ccccc%12c%11)c%11cccc%12c%13ccccc%13n(-c%13ccccc%13)c%11%12)c9%10)cc(C(C)(C)C)c8)cc7n(-c7ccccc7)c56)c4)c4ccc5ccccc5c4)c23)cc(C(C)(C)C)c1. The van der Waals surface area contributed by atoms with Gasteiger partial charge in [0.2, 0.25) is 0 Å². The minimum absolute atomic E-state index is 0.0476. The largest absolute Gasteiger partial charge is 0.310 e. The molecular weight excluding hydrogens is 1520 g/mol. The fourth-order valence-corrected chi connectivity index (χ4v) is 19.9. The number of rotatable bonds is 16. The van der Waals surface area contributed by atoms with E-state index in [1.54, 1.807) is 0 Å². The summed E-state index contributed by atoms with van der Waals surface area (Å²) < 4.78 is 5.01. The second kappa shape index (κ2) is 31.0. The highest BCUT2D eigenvalue weighted by atomic mass is 15.2. The number of benzene rings is 19. The van der Waals surface area contributed by atoms with Crippen LogP contribution in [-0.2, 0) is 28.1 Å². The number of anilines is 6. The van der Waals surface area contributed by atoms with Crippen molar-refractivity contribution in [3.05, 3.63) is 434 Å². The van der Waals surface area contributed by atoms with Crippen molar-refractivity contribution in [1.29, 1.82) is 0 Å². The van der Waals surface area contributed by atoms with E-state index in [0.29, 0.717) is 0 Å². The summed E-state index contributed by atoms with van der Waals surface area (Å²) in [5, 5.41) is 14.4. The fraction of sp³-hybridized carbons (Fsp3) is 0.131. The van der Waals surface area contributed by atoms with Gasteiger partial charge in [-0.2, -0.15) is 0 Å². The molecule has 0 unspecified atom stereocenters. The molecule has 0 aliphatic rings. The number of hydrogen-bond acceptors (Lipinski definition) is 2. The second-order valence-electron chi connectivity index (χ2n) is 38.2. The lowest BCUT2D eigenvalue weighted by molar-refractivity contribution is 0.518. The Morgan fingerprint density at radius 1 is 0.222 bits per heavy atom. The van der Waals surface area contributed by atoms with Crippen molar-refractivity contribution in [3.8, 4) is 67.0 Å². The van der Waals surface area contributed by atoms with Gasteiger partial charge in [0, 0.05) is 66.7 Å². The van der Waals surface area contributed by atoms with Gasteiger partial charge in [0.15, 0.2) is 0 Å². The minimum Gasteiger partial charge on any atom is -0.310 e. The average Bonchev–Trinajstić information content (AvgIpc) is 1.53. The van der Waals surface area contributed by atoms with Crippen LogP contribution in [0.15, 0.2) is 406 Å². The Morgan fingerprint density at radius 2 is 0.611 bits per heavy atom. The van der Waals surface area contributed by atoms with Crippen LogP contribution < -0.4 is 9.80 Å². The molecule has 21 rings (SSSR count). The maximum absolute atomic E-state index is 2.54. The van der Waals surface area contributed by atoms with Crippen LogP contribution in [0.25, 0.3) is 154 Å². The van der Waals surface area contributed by atoms with Gasteiger partial charge in [-0.05, 0) is 229 Å². The Hall–Kier alpha value is -14.6. The van der Waals surface area contributed by atoms with Crippen molar-refractivity contribution < 1.29 is 0 Å². The molecule has 0 bridgehead atoms. The summed E-state index contributed by atoms with van der Waals surface area (Å²) in [4.78, 5) is 5.03. The zero-order valence-corrected chi connectivity index (χ0v) is 73.7. The van der Waals surface area contributed by atoms with Crippen LogP contribution in [0.3, 0.4) is 0 Å². The van der Waals surface area contributed by atoms with Gasteiger partial charge in [0.1, 0.15) is 0 Å². The van der Waals surface area contributed by atoms with Crippen LogP contribution in [0.2, 0.25) is 0 Å². The summed E-state index contributed by atoms with van der Waals surface area (Å²) in [6.07, 6.45) is 0.796. The quantitative estimate of drug-likeness (QED) is 0.0959. The molecule has 0 aliphatic heterocycles. The normalized spacial score (nSPS) is 12.3. The summed E-state index contributed by atoms with van der Waals surface area (Å²) in [5.41, 5.74) is 31.1. The van der Waals surface area contributed by atoms with Crippen molar-refractivity contribution in [2.75, 3.05) is 9.80 Å². The van der Waals surface area contributed by atoms with Crippen molar-refractivity contribution in [2.45, 2.75) is 104 Å². The molecule has 0 atom stereocenters. The third kappa shape index (κ3) is 14.1. The first-order valence-corrected chi connectivity index (χ1v) is 44.6. The predicted molar refractivity (Wildman–Crippen MR) is 541 cm³/mol. The van der Waals surface area contributed by atoms with Crippen molar-refractivity contribution in [3.63, 3.8) is 0 Å². The first kappa shape index (κ1) is 78.7. The van der Waals surface area contributed by atoms with Crippen LogP contribution in [0.5, 0.6) is 0 Å².